The van der Waals surface area contributed by atoms with Gasteiger partial charge in [0.1, 0.15) is 0 Å². The predicted octanol–water partition coefficient (Wildman–Crippen LogP) is -3.02. The molecule has 5 nitrogen and oxygen atoms in total. The molecule has 0 aliphatic carbocycles. The number of nitrogens with two attached hydrogens (primary N) is 1. The Balaban J connectivity index is -0.00000000833. The molecule has 0 aromatic carbocycles. The second-order valence-electron chi connectivity index (χ2n) is 0.692. The maximum absolute atomic E-state index is 7.73. The minimum atomic E-state index is -4.35. The average molecular weight is 180 g/mol. The van der Waals surface area contributed by atoms with E-state index in [0.29, 0.717) is 0 Å². The molecule has 8 heteroatoms. The molecule has 0 amide bonds. The summed E-state index contributed by atoms with van der Waals surface area (Å²) in [5.41, 5.74) is 0. The minimum Gasteiger partial charge on any atom is -1.00 e. The summed E-state index contributed by atoms with van der Waals surface area (Å²) < 4.78 is 3.24. The summed E-state index contributed by atoms with van der Waals surface area (Å²) in [6, 6.07) is 0. The molecule has 0 aromatic heterocycles. The molecular formula is H9CaMgNO4Si. The van der Waals surface area contributed by atoms with Gasteiger partial charge in [-0.25, -0.2) is 5.90 Å². The summed E-state index contributed by atoms with van der Waals surface area (Å²) >= 11 is 0. The van der Waals surface area contributed by atoms with Gasteiger partial charge in [-0.05, 0) is 0 Å². The number of hydrogen-bond acceptors (Lipinski definition) is 5. The zero-order valence-corrected chi connectivity index (χ0v) is 8.86. The van der Waals surface area contributed by atoms with Crippen molar-refractivity contribution in [3.8, 4) is 0 Å². The SMILES string of the molecule is NO[Si](O)(O)O.[Ca+2].[H-].[H-].[H-].[H-].[Mg+2]. The molecule has 0 aliphatic heterocycles. The maximum Gasteiger partial charge on any atom is 2.00 e. The molecule has 0 heterocycles. The van der Waals surface area contributed by atoms with Crippen molar-refractivity contribution in [1.82, 2.24) is 0 Å². The van der Waals surface area contributed by atoms with Crippen molar-refractivity contribution in [1.29, 1.82) is 0 Å². The van der Waals surface area contributed by atoms with Crippen molar-refractivity contribution >= 4 is 69.8 Å². The zero-order chi connectivity index (χ0) is 5.21. The van der Waals surface area contributed by atoms with Gasteiger partial charge in [-0.3, -0.25) is 4.53 Å². The Kier molecular flexibility index (Phi) is 14.8. The third kappa shape index (κ3) is 15.7. The fourth-order valence-electron chi connectivity index (χ4n) is 0. The summed E-state index contributed by atoms with van der Waals surface area (Å²) in [5, 5.41) is 0. The van der Waals surface area contributed by atoms with Gasteiger partial charge in [-0.2, -0.15) is 0 Å². The summed E-state index contributed by atoms with van der Waals surface area (Å²) in [4.78, 5) is 23.2. The predicted molar refractivity (Wildman–Crippen MR) is 33.6 cm³/mol. The van der Waals surface area contributed by atoms with E-state index in [4.69, 9.17) is 14.4 Å². The van der Waals surface area contributed by atoms with E-state index in [0.717, 1.165) is 0 Å². The van der Waals surface area contributed by atoms with Crippen molar-refractivity contribution in [3.05, 3.63) is 0 Å². The molecule has 0 rings (SSSR count). The molecule has 0 bridgehead atoms. The summed E-state index contributed by atoms with van der Waals surface area (Å²) in [6.07, 6.45) is 0. The first-order valence-corrected chi connectivity index (χ1v) is 2.86. The number of hydrogen-bond donors (Lipinski definition) is 4. The Bertz CT molecular complexity index is 56.8. The van der Waals surface area contributed by atoms with E-state index in [1.807, 2.05) is 0 Å². The van der Waals surface area contributed by atoms with Gasteiger partial charge in [0.2, 0.25) is 0 Å². The van der Waals surface area contributed by atoms with E-state index in [2.05, 4.69) is 10.4 Å². The molecule has 0 atom stereocenters. The van der Waals surface area contributed by atoms with Crippen molar-refractivity contribution < 1.29 is 24.6 Å². The third-order valence-corrected chi connectivity index (χ3v) is 0.474. The molecule has 0 saturated heterocycles. The van der Waals surface area contributed by atoms with Crippen LogP contribution < -0.4 is 5.90 Å². The van der Waals surface area contributed by atoms with Crippen molar-refractivity contribution in [2.75, 3.05) is 0 Å². The van der Waals surface area contributed by atoms with Crippen LogP contribution in [0.4, 0.5) is 0 Å². The fourth-order valence-corrected chi connectivity index (χ4v) is 0. The normalized spacial score (nSPS) is 9.00. The molecule has 0 saturated carbocycles. The van der Waals surface area contributed by atoms with Crippen molar-refractivity contribution in [2.45, 2.75) is 0 Å². The van der Waals surface area contributed by atoms with E-state index in [-0.39, 0.29) is 66.5 Å². The first kappa shape index (κ1) is 16.6. The van der Waals surface area contributed by atoms with Crippen LogP contribution in [-0.4, -0.2) is 84.2 Å². The van der Waals surface area contributed by atoms with E-state index >= 15 is 0 Å². The fraction of sp³-hybridized carbons (Fsp3) is 0. The van der Waals surface area contributed by atoms with Crippen LogP contribution in [0.2, 0.25) is 0 Å². The molecule has 0 aromatic rings. The molecule has 0 fully saturated rings. The smallest absolute Gasteiger partial charge is 1.00 e. The van der Waals surface area contributed by atoms with E-state index in [1.165, 1.54) is 0 Å². The molecule has 0 unspecified atom stereocenters. The number of rotatable bonds is 1. The van der Waals surface area contributed by atoms with Gasteiger partial charge in [0.15, 0.2) is 0 Å². The second kappa shape index (κ2) is 7.15. The van der Waals surface area contributed by atoms with Crippen LogP contribution in [0, 0.1) is 0 Å². The zero-order valence-electron chi connectivity index (χ0n) is 8.24. The Morgan fingerprint density at radius 2 is 1.50 bits per heavy atom. The monoisotopic (exact) mass is 179 g/mol. The Morgan fingerprint density at radius 3 is 1.50 bits per heavy atom. The van der Waals surface area contributed by atoms with E-state index in [9.17, 15) is 0 Å². The maximum atomic E-state index is 7.73. The molecule has 0 spiro atoms. The van der Waals surface area contributed by atoms with Gasteiger partial charge in [0.25, 0.3) is 0 Å². The van der Waals surface area contributed by atoms with E-state index in [1.54, 1.807) is 0 Å². The van der Waals surface area contributed by atoms with Gasteiger partial charge in [0.05, 0.1) is 0 Å². The van der Waals surface area contributed by atoms with Crippen molar-refractivity contribution in [3.63, 3.8) is 0 Å². The van der Waals surface area contributed by atoms with E-state index < -0.39 is 9.05 Å². The van der Waals surface area contributed by atoms with Gasteiger partial charge in [-0.15, -0.1) is 0 Å². The van der Waals surface area contributed by atoms with Gasteiger partial charge >= 0.3 is 69.8 Å². The van der Waals surface area contributed by atoms with Gasteiger partial charge in [-0.1, -0.05) is 0 Å². The van der Waals surface area contributed by atoms with Crippen molar-refractivity contribution in [2.24, 2.45) is 5.90 Å². The van der Waals surface area contributed by atoms with Crippen LogP contribution in [0.15, 0.2) is 0 Å². The topological polar surface area (TPSA) is 95.9 Å². The average Bonchev–Trinajstić information content (AvgIpc) is 1.35. The first-order valence-electron chi connectivity index (χ1n) is 1.11. The molecule has 0 radical (unpaired) electrons. The molecule has 46 valence electrons. The standard InChI is InChI=1S/Ca.Mg.H5NO4Si.4H/c;;1-5-6(2,3)4;;;;/h;;2-4H,1H2;;;;/q2*+2;;4*-1. The van der Waals surface area contributed by atoms with Crippen LogP contribution in [0.1, 0.15) is 5.71 Å². The third-order valence-electron chi connectivity index (χ3n) is 0.158. The summed E-state index contributed by atoms with van der Waals surface area (Å²) in [5.74, 6) is 4.12. The second-order valence-corrected chi connectivity index (χ2v) is 2.08. The van der Waals surface area contributed by atoms with Gasteiger partial charge in [0, 0.05) is 0 Å². The summed E-state index contributed by atoms with van der Waals surface area (Å²) in [7, 11) is -4.35. The molecule has 8 heavy (non-hydrogen) atoms. The van der Waals surface area contributed by atoms with Gasteiger partial charge < -0.3 is 20.1 Å². The van der Waals surface area contributed by atoms with Crippen LogP contribution in [0.25, 0.3) is 0 Å². The quantitative estimate of drug-likeness (QED) is 0.254. The molecule has 5 N–H and O–H groups in total. The molecular weight excluding hydrogens is 170 g/mol. The van der Waals surface area contributed by atoms with Crippen LogP contribution >= 0.6 is 0 Å². The molecule has 0 aliphatic rings. The largest absolute Gasteiger partial charge is 2.00 e. The van der Waals surface area contributed by atoms with Crippen LogP contribution in [-0.2, 0) is 4.53 Å². The Morgan fingerprint density at radius 1 is 1.38 bits per heavy atom. The van der Waals surface area contributed by atoms with Crippen LogP contribution in [0.3, 0.4) is 0 Å². The minimum absolute atomic E-state index is 0. The first-order chi connectivity index (χ1) is 2.56. The van der Waals surface area contributed by atoms with Crippen LogP contribution in [0.5, 0.6) is 0 Å². The summed E-state index contributed by atoms with van der Waals surface area (Å²) in [6.45, 7) is 0. The Labute approximate surface area is 99.4 Å². The Hall–Kier alpha value is 2.04.